The number of rotatable bonds is 5. The Morgan fingerprint density at radius 3 is 2.27 bits per heavy atom. The average molecular weight is 473 g/mol. The van der Waals surface area contributed by atoms with Gasteiger partial charge < -0.3 is 15.0 Å². The van der Waals surface area contributed by atoms with E-state index in [0.717, 1.165) is 58.2 Å². The van der Waals surface area contributed by atoms with Crippen LogP contribution in [0, 0.1) is 25.5 Å². The number of amides is 1. The molecular formula is C24H26F2N4O2S. The fourth-order valence-corrected chi connectivity index (χ4v) is 5.16. The van der Waals surface area contributed by atoms with Crippen molar-refractivity contribution in [2.45, 2.75) is 46.4 Å². The van der Waals surface area contributed by atoms with Crippen LogP contribution in [0.2, 0.25) is 0 Å². The average Bonchev–Trinajstić information content (AvgIpc) is 3.14. The van der Waals surface area contributed by atoms with Crippen LogP contribution >= 0.6 is 11.3 Å². The van der Waals surface area contributed by atoms with E-state index in [1.54, 1.807) is 11.3 Å². The number of ether oxygens (including phenoxy) is 1. The fourth-order valence-electron chi connectivity index (χ4n) is 4.07. The molecule has 0 radical (unpaired) electrons. The maximum absolute atomic E-state index is 13.5. The van der Waals surface area contributed by atoms with E-state index in [4.69, 9.17) is 9.72 Å². The summed E-state index contributed by atoms with van der Waals surface area (Å²) in [6, 6.07) is 6.74. The molecule has 0 bridgehead atoms. The molecule has 174 valence electrons. The van der Waals surface area contributed by atoms with E-state index in [0.29, 0.717) is 5.69 Å². The number of anilines is 1. The summed E-state index contributed by atoms with van der Waals surface area (Å²) in [7, 11) is 0. The van der Waals surface area contributed by atoms with Crippen molar-refractivity contribution >= 4 is 22.4 Å². The number of carbonyl (C=O) groups excluding carboxylic acids is 1. The van der Waals surface area contributed by atoms with E-state index >= 15 is 0 Å². The van der Waals surface area contributed by atoms with Gasteiger partial charge in [-0.05, 0) is 57.5 Å². The van der Waals surface area contributed by atoms with E-state index in [-0.39, 0.29) is 24.3 Å². The van der Waals surface area contributed by atoms with Crippen LogP contribution in [0.25, 0.3) is 10.4 Å². The van der Waals surface area contributed by atoms with Gasteiger partial charge in [-0.3, -0.25) is 9.78 Å². The summed E-state index contributed by atoms with van der Waals surface area (Å²) >= 11 is 1.55. The second-order valence-electron chi connectivity index (χ2n) is 8.41. The van der Waals surface area contributed by atoms with E-state index in [9.17, 15) is 13.6 Å². The Kier molecular flexibility index (Phi) is 6.71. The van der Waals surface area contributed by atoms with Gasteiger partial charge in [0.15, 0.2) is 5.13 Å². The lowest BCUT2D eigenvalue weighted by atomic mass is 10.1. The highest BCUT2D eigenvalue weighted by atomic mass is 32.1. The fraction of sp³-hybridized carbons (Fsp3) is 0.375. The van der Waals surface area contributed by atoms with Gasteiger partial charge in [-0.1, -0.05) is 11.3 Å². The maximum Gasteiger partial charge on any atom is 0.251 e. The first kappa shape index (κ1) is 23.3. The van der Waals surface area contributed by atoms with E-state index in [1.165, 1.54) is 0 Å². The molecule has 1 aliphatic heterocycles. The molecule has 6 nitrogen and oxygen atoms in total. The molecule has 0 aliphatic carbocycles. The molecule has 9 heteroatoms. The van der Waals surface area contributed by atoms with Crippen LogP contribution in [-0.4, -0.2) is 41.2 Å². The van der Waals surface area contributed by atoms with Gasteiger partial charge in [0.25, 0.3) is 5.91 Å². The first-order valence-electron chi connectivity index (χ1n) is 10.8. The van der Waals surface area contributed by atoms with Crippen LogP contribution < -0.4 is 10.2 Å². The molecule has 1 N–H and O–H groups in total. The summed E-state index contributed by atoms with van der Waals surface area (Å²) in [5.41, 5.74) is 3.37. The first-order chi connectivity index (χ1) is 15.7. The SMILES string of the molecule is Cc1cc(-c2sc(N3C[C@@H](C)O[C@@H](C)C3)nc2CNC(=O)c2cc(F)cc(F)c2)cc(C)n1. The quantitative estimate of drug-likeness (QED) is 0.586. The van der Waals surface area contributed by atoms with Crippen LogP contribution in [0.15, 0.2) is 30.3 Å². The van der Waals surface area contributed by atoms with Gasteiger partial charge >= 0.3 is 0 Å². The van der Waals surface area contributed by atoms with Gasteiger partial charge in [0.1, 0.15) is 11.6 Å². The Morgan fingerprint density at radius 2 is 1.67 bits per heavy atom. The molecule has 0 saturated carbocycles. The predicted octanol–water partition coefficient (Wildman–Crippen LogP) is 4.64. The number of thiazole rings is 1. The zero-order valence-corrected chi connectivity index (χ0v) is 19.8. The number of pyridine rings is 1. The predicted molar refractivity (Wildman–Crippen MR) is 125 cm³/mol. The largest absolute Gasteiger partial charge is 0.372 e. The highest BCUT2D eigenvalue weighted by Crippen LogP contribution is 2.36. The smallest absolute Gasteiger partial charge is 0.251 e. The van der Waals surface area contributed by atoms with Crippen LogP contribution in [0.5, 0.6) is 0 Å². The second-order valence-corrected chi connectivity index (χ2v) is 9.39. The standard InChI is InChI=1S/C24H26F2N4O2S/c1-13-5-17(6-14(2)28-13)22-21(10-27-23(31)18-7-19(25)9-20(26)8-18)29-24(33-22)30-11-15(3)32-16(4)12-30/h5-9,15-16H,10-12H2,1-4H3,(H,27,31)/t15-,16+. The molecule has 0 unspecified atom stereocenters. The normalized spacial score (nSPS) is 18.4. The Bertz CT molecular complexity index is 1130. The number of nitrogens with zero attached hydrogens (tertiary/aromatic N) is 3. The van der Waals surface area contributed by atoms with E-state index in [1.807, 2.05) is 39.8 Å². The lowest BCUT2D eigenvalue weighted by molar-refractivity contribution is -0.00523. The summed E-state index contributed by atoms with van der Waals surface area (Å²) in [4.78, 5) is 25.0. The maximum atomic E-state index is 13.5. The third-order valence-electron chi connectivity index (χ3n) is 5.26. The Hall–Kier alpha value is -2.91. The zero-order valence-electron chi connectivity index (χ0n) is 19.0. The van der Waals surface area contributed by atoms with E-state index in [2.05, 4.69) is 15.2 Å². The number of hydrogen-bond acceptors (Lipinski definition) is 6. The first-order valence-corrected chi connectivity index (χ1v) is 11.6. The van der Waals surface area contributed by atoms with Crippen molar-refractivity contribution in [3.8, 4) is 10.4 Å². The molecule has 2 aromatic heterocycles. The number of aryl methyl sites for hydroxylation is 2. The monoisotopic (exact) mass is 472 g/mol. The number of benzene rings is 1. The van der Waals surface area contributed by atoms with Crippen molar-refractivity contribution in [1.82, 2.24) is 15.3 Å². The molecular weight excluding hydrogens is 446 g/mol. The molecule has 3 heterocycles. The third-order valence-corrected chi connectivity index (χ3v) is 6.47. The Morgan fingerprint density at radius 1 is 1.06 bits per heavy atom. The highest BCUT2D eigenvalue weighted by Gasteiger charge is 2.26. The molecule has 0 spiro atoms. The minimum atomic E-state index is -0.796. The minimum Gasteiger partial charge on any atom is -0.372 e. The van der Waals surface area contributed by atoms with Crippen LogP contribution in [0.1, 0.15) is 41.3 Å². The molecule has 33 heavy (non-hydrogen) atoms. The van der Waals surface area contributed by atoms with Crippen molar-refractivity contribution in [3.05, 3.63) is 64.6 Å². The van der Waals surface area contributed by atoms with Crippen molar-refractivity contribution < 1.29 is 18.3 Å². The molecule has 1 saturated heterocycles. The summed E-state index contributed by atoms with van der Waals surface area (Å²) in [6.45, 7) is 9.50. The second kappa shape index (κ2) is 9.52. The van der Waals surface area contributed by atoms with Crippen LogP contribution in [0.3, 0.4) is 0 Å². The van der Waals surface area contributed by atoms with Gasteiger partial charge in [-0.25, -0.2) is 13.8 Å². The van der Waals surface area contributed by atoms with Gasteiger partial charge in [0, 0.05) is 36.1 Å². The molecule has 4 rings (SSSR count). The van der Waals surface area contributed by atoms with Crippen molar-refractivity contribution in [1.29, 1.82) is 0 Å². The Labute approximate surface area is 195 Å². The van der Waals surface area contributed by atoms with Gasteiger partial charge in [-0.2, -0.15) is 0 Å². The number of nitrogens with one attached hydrogen (secondary N) is 1. The summed E-state index contributed by atoms with van der Waals surface area (Å²) in [5, 5.41) is 3.60. The molecule has 2 atom stereocenters. The number of halogens is 2. The molecule has 1 aliphatic rings. The van der Waals surface area contributed by atoms with Crippen LogP contribution in [-0.2, 0) is 11.3 Å². The number of hydrogen-bond donors (Lipinski definition) is 1. The molecule has 3 aromatic rings. The summed E-state index contributed by atoms with van der Waals surface area (Å²) in [5.74, 6) is -2.16. The third kappa shape index (κ3) is 5.54. The van der Waals surface area contributed by atoms with Crippen molar-refractivity contribution in [2.24, 2.45) is 0 Å². The minimum absolute atomic E-state index is 0.0732. The van der Waals surface area contributed by atoms with E-state index < -0.39 is 17.5 Å². The van der Waals surface area contributed by atoms with Gasteiger partial charge in [0.05, 0.1) is 29.3 Å². The van der Waals surface area contributed by atoms with Crippen molar-refractivity contribution in [3.63, 3.8) is 0 Å². The Balaban J connectivity index is 1.65. The lowest BCUT2D eigenvalue weighted by Crippen LogP contribution is -2.45. The molecule has 1 fully saturated rings. The van der Waals surface area contributed by atoms with Crippen molar-refractivity contribution in [2.75, 3.05) is 18.0 Å². The highest BCUT2D eigenvalue weighted by molar-refractivity contribution is 7.19. The summed E-state index contributed by atoms with van der Waals surface area (Å²) in [6.07, 6.45) is 0.162. The van der Waals surface area contributed by atoms with Gasteiger partial charge in [0.2, 0.25) is 0 Å². The topological polar surface area (TPSA) is 67.3 Å². The molecule has 1 aromatic carbocycles. The van der Waals surface area contributed by atoms with Crippen LogP contribution in [0.4, 0.5) is 13.9 Å². The number of morpholine rings is 1. The lowest BCUT2D eigenvalue weighted by Gasteiger charge is -2.35. The summed E-state index contributed by atoms with van der Waals surface area (Å²) < 4.78 is 32.9. The number of carbonyl (C=O) groups is 1. The zero-order chi connectivity index (χ0) is 23.7. The molecule has 1 amide bonds. The van der Waals surface area contributed by atoms with Gasteiger partial charge in [-0.15, -0.1) is 0 Å². The number of aromatic nitrogens is 2.